The highest BCUT2D eigenvalue weighted by Gasteiger charge is 2.27. The van der Waals surface area contributed by atoms with Crippen molar-refractivity contribution in [1.29, 1.82) is 0 Å². The molecule has 0 aliphatic carbocycles. The first-order valence-electron chi connectivity index (χ1n) is 9.25. The predicted octanol–water partition coefficient (Wildman–Crippen LogP) is 6.35. The molecular formula is C19H22Cl6O6S2. The van der Waals surface area contributed by atoms with E-state index in [1.165, 1.54) is 12.1 Å². The predicted molar refractivity (Wildman–Crippen MR) is 137 cm³/mol. The number of benzene rings is 1. The van der Waals surface area contributed by atoms with Gasteiger partial charge in [0.25, 0.3) is 10.1 Å². The zero-order valence-electron chi connectivity index (χ0n) is 17.5. The number of carbonyl (C=O) groups is 1. The first-order valence-corrected chi connectivity index (χ1v) is 13.4. The van der Waals surface area contributed by atoms with Crippen LogP contribution in [0.2, 0.25) is 0 Å². The van der Waals surface area contributed by atoms with Gasteiger partial charge in [-0.2, -0.15) is 8.42 Å². The molecule has 6 nitrogen and oxygen atoms in total. The van der Waals surface area contributed by atoms with Crippen LogP contribution in [0.25, 0.3) is 0 Å². The SMILES string of the molecule is CC(COS(=O)(=O)c1ccc(C)cc1)=C(CCC(OCC(Cl)(Cl)Cl)OCC(Cl)(Cl)Cl)C(=O)S. The van der Waals surface area contributed by atoms with Gasteiger partial charge in [0.05, 0.1) is 24.7 Å². The first kappa shape index (κ1) is 31.6. The number of halogens is 6. The molecule has 0 aromatic heterocycles. The maximum absolute atomic E-state index is 12.4. The Balaban J connectivity index is 2.89. The minimum absolute atomic E-state index is 0.0000668. The Kier molecular flexibility index (Phi) is 13.2. The van der Waals surface area contributed by atoms with Crippen LogP contribution in [0.1, 0.15) is 25.3 Å². The summed E-state index contributed by atoms with van der Waals surface area (Å²) in [6.07, 6.45) is -0.832. The van der Waals surface area contributed by atoms with E-state index in [4.69, 9.17) is 83.3 Å². The Labute approximate surface area is 229 Å². The van der Waals surface area contributed by atoms with Gasteiger partial charge < -0.3 is 9.47 Å². The van der Waals surface area contributed by atoms with Gasteiger partial charge in [0.2, 0.25) is 12.7 Å². The molecule has 0 N–H and O–H groups in total. The molecule has 0 radical (unpaired) electrons. The maximum atomic E-state index is 12.4. The summed E-state index contributed by atoms with van der Waals surface area (Å²) >= 11 is 38.0. The Morgan fingerprint density at radius 1 is 1.00 bits per heavy atom. The molecule has 0 aliphatic rings. The number of thiol groups is 1. The zero-order chi connectivity index (χ0) is 25.4. The second-order valence-electron chi connectivity index (χ2n) is 6.91. The van der Waals surface area contributed by atoms with Gasteiger partial charge in [-0.05, 0) is 38.0 Å². The lowest BCUT2D eigenvalue weighted by atomic mass is 10.1. The Morgan fingerprint density at radius 3 is 1.91 bits per heavy atom. The number of aryl methyl sites for hydroxylation is 1. The van der Waals surface area contributed by atoms with Crippen LogP contribution in [-0.2, 0) is 28.6 Å². The van der Waals surface area contributed by atoms with Gasteiger partial charge >= 0.3 is 0 Å². The summed E-state index contributed by atoms with van der Waals surface area (Å²) in [5, 5.41) is -0.578. The minimum Gasteiger partial charge on any atom is -0.348 e. The van der Waals surface area contributed by atoms with Gasteiger partial charge in [0, 0.05) is 12.0 Å². The summed E-state index contributed by atoms with van der Waals surface area (Å²) in [6.45, 7) is 2.37. The van der Waals surface area contributed by atoms with E-state index in [0.29, 0.717) is 5.57 Å². The normalized spacial score (nSPS) is 13.9. The van der Waals surface area contributed by atoms with E-state index in [9.17, 15) is 13.2 Å². The Bertz CT molecular complexity index is 906. The molecule has 1 aromatic carbocycles. The van der Waals surface area contributed by atoms with Crippen LogP contribution < -0.4 is 0 Å². The summed E-state index contributed by atoms with van der Waals surface area (Å²) in [6, 6.07) is 6.16. The Hall–Kier alpha value is 0.550. The van der Waals surface area contributed by atoms with E-state index in [1.54, 1.807) is 19.1 Å². The van der Waals surface area contributed by atoms with Crippen molar-refractivity contribution in [3.63, 3.8) is 0 Å². The van der Waals surface area contributed by atoms with Crippen LogP contribution in [0, 0.1) is 6.92 Å². The van der Waals surface area contributed by atoms with Crippen LogP contribution in [0.3, 0.4) is 0 Å². The quantitative estimate of drug-likeness (QED) is 0.0962. The Morgan fingerprint density at radius 2 is 1.48 bits per heavy atom. The van der Waals surface area contributed by atoms with Crippen molar-refractivity contribution in [1.82, 2.24) is 0 Å². The second kappa shape index (κ2) is 13.7. The highest BCUT2D eigenvalue weighted by Crippen LogP contribution is 2.30. The first-order chi connectivity index (χ1) is 15.0. The standard InChI is InChI=1S/C19H22Cl6O6S2/c1-12-3-5-14(6-4-12)33(27,28)31-9-13(2)15(17(26)32)7-8-16(29-10-18(20,21)22)30-11-19(23,24)25/h3-6,16H,7-11H2,1-2H3,(H,26,32). The van der Waals surface area contributed by atoms with E-state index in [1.807, 2.05) is 6.92 Å². The third-order valence-electron chi connectivity index (χ3n) is 4.01. The van der Waals surface area contributed by atoms with Gasteiger partial charge in [0.15, 0.2) is 6.29 Å². The number of carbonyl (C=O) groups excluding carboxylic acids is 1. The summed E-state index contributed by atoms with van der Waals surface area (Å²) in [7, 11) is -4.02. The molecule has 1 rings (SSSR count). The highest BCUT2D eigenvalue weighted by atomic mass is 35.6. The third-order valence-corrected chi connectivity index (χ3v) is 6.21. The number of hydrogen-bond donors (Lipinski definition) is 1. The molecule has 1 aromatic rings. The fourth-order valence-corrected chi connectivity index (χ4v) is 4.00. The topological polar surface area (TPSA) is 78.9 Å². The summed E-state index contributed by atoms with van der Waals surface area (Å²) in [5.41, 5.74) is 1.46. The lowest BCUT2D eigenvalue weighted by Crippen LogP contribution is -2.27. The lowest BCUT2D eigenvalue weighted by molar-refractivity contribution is -0.143. The van der Waals surface area contributed by atoms with Crippen molar-refractivity contribution in [3.05, 3.63) is 41.0 Å². The largest absolute Gasteiger partial charge is 0.348 e. The zero-order valence-corrected chi connectivity index (χ0v) is 23.7. The summed E-state index contributed by atoms with van der Waals surface area (Å²) < 4.78 is 37.3. The molecule has 0 unspecified atom stereocenters. The molecule has 0 aliphatic heterocycles. The molecule has 188 valence electrons. The van der Waals surface area contributed by atoms with Crippen molar-refractivity contribution in [2.45, 2.75) is 45.5 Å². The lowest BCUT2D eigenvalue weighted by Gasteiger charge is -2.23. The molecule has 0 bridgehead atoms. The number of hydrogen-bond acceptors (Lipinski definition) is 6. The molecule has 0 saturated carbocycles. The molecule has 0 atom stereocenters. The molecule has 0 fully saturated rings. The van der Waals surface area contributed by atoms with Crippen molar-refractivity contribution in [3.8, 4) is 0 Å². The van der Waals surface area contributed by atoms with E-state index >= 15 is 0 Å². The third kappa shape index (κ3) is 13.4. The summed E-state index contributed by atoms with van der Waals surface area (Å²) in [4.78, 5) is 12.1. The van der Waals surface area contributed by atoms with Crippen LogP contribution in [0.5, 0.6) is 0 Å². The fourth-order valence-electron chi connectivity index (χ4n) is 2.38. The van der Waals surface area contributed by atoms with Crippen LogP contribution in [-0.4, -0.2) is 47.2 Å². The second-order valence-corrected chi connectivity index (χ2v) is 14.0. The van der Waals surface area contributed by atoms with E-state index in [-0.39, 0.29) is 43.1 Å². The monoisotopic (exact) mass is 620 g/mol. The molecule has 0 amide bonds. The van der Waals surface area contributed by atoms with Crippen LogP contribution in [0.15, 0.2) is 40.3 Å². The van der Waals surface area contributed by atoms with E-state index in [2.05, 4.69) is 12.6 Å². The van der Waals surface area contributed by atoms with Crippen LogP contribution in [0.4, 0.5) is 0 Å². The van der Waals surface area contributed by atoms with Gasteiger partial charge in [-0.15, -0.1) is 12.6 Å². The van der Waals surface area contributed by atoms with Gasteiger partial charge in [-0.1, -0.05) is 87.3 Å². The molecule has 0 saturated heterocycles. The number of ether oxygens (including phenoxy) is 2. The van der Waals surface area contributed by atoms with Crippen molar-refractivity contribution in [2.75, 3.05) is 19.8 Å². The molecule has 14 heteroatoms. The fraction of sp³-hybridized carbons (Fsp3) is 0.526. The average molecular weight is 623 g/mol. The number of alkyl halides is 6. The van der Waals surface area contributed by atoms with Gasteiger partial charge in [0.1, 0.15) is 0 Å². The van der Waals surface area contributed by atoms with E-state index < -0.39 is 29.1 Å². The van der Waals surface area contributed by atoms with Crippen molar-refractivity contribution < 1.29 is 26.9 Å². The van der Waals surface area contributed by atoms with Crippen molar-refractivity contribution >= 4 is 97.5 Å². The molecule has 0 heterocycles. The van der Waals surface area contributed by atoms with Gasteiger partial charge in [-0.25, -0.2) is 0 Å². The minimum atomic E-state index is -4.02. The number of rotatable bonds is 12. The molecule has 0 spiro atoms. The maximum Gasteiger partial charge on any atom is 0.297 e. The smallest absolute Gasteiger partial charge is 0.297 e. The highest BCUT2D eigenvalue weighted by molar-refractivity contribution is 7.97. The van der Waals surface area contributed by atoms with E-state index in [0.717, 1.165) is 5.56 Å². The van der Waals surface area contributed by atoms with Crippen LogP contribution >= 0.6 is 82.2 Å². The summed E-state index contributed by atoms with van der Waals surface area (Å²) in [5.74, 6) is 0. The average Bonchev–Trinajstić information content (AvgIpc) is 2.66. The van der Waals surface area contributed by atoms with Gasteiger partial charge in [-0.3, -0.25) is 8.98 Å². The molecule has 33 heavy (non-hydrogen) atoms. The van der Waals surface area contributed by atoms with Crippen molar-refractivity contribution in [2.24, 2.45) is 0 Å². The molecular weight excluding hydrogens is 601 g/mol.